The van der Waals surface area contributed by atoms with Crippen molar-refractivity contribution in [2.45, 2.75) is 20.0 Å². The largest absolute Gasteiger partial charge is 0.493 e. The second kappa shape index (κ2) is 6.55. The van der Waals surface area contributed by atoms with Gasteiger partial charge in [-0.25, -0.2) is 0 Å². The summed E-state index contributed by atoms with van der Waals surface area (Å²) in [5, 5.41) is 10.6. The van der Waals surface area contributed by atoms with Crippen LogP contribution >= 0.6 is 0 Å². The molecule has 0 aliphatic carbocycles. The lowest BCUT2D eigenvalue weighted by molar-refractivity contribution is 0.0947. The highest BCUT2D eigenvalue weighted by atomic mass is 16.6. The number of rotatable bonds is 5. The molecule has 0 saturated heterocycles. The van der Waals surface area contributed by atoms with E-state index in [-0.39, 0.29) is 5.91 Å². The van der Waals surface area contributed by atoms with Crippen molar-refractivity contribution in [2.24, 2.45) is 0 Å². The van der Waals surface area contributed by atoms with Crippen LogP contribution in [0.2, 0.25) is 0 Å². The van der Waals surface area contributed by atoms with Crippen LogP contribution in [0, 0.1) is 0 Å². The van der Waals surface area contributed by atoms with Gasteiger partial charge in [-0.1, -0.05) is 0 Å². The molecule has 0 fully saturated rings. The topological polar surface area (TPSA) is 87.5 Å². The van der Waals surface area contributed by atoms with Crippen LogP contribution in [0.4, 0.5) is 0 Å². The molecule has 8 nitrogen and oxygen atoms in total. The van der Waals surface area contributed by atoms with E-state index in [1.54, 1.807) is 18.5 Å². The zero-order chi connectivity index (χ0) is 16.2. The number of aromatic nitrogens is 3. The fourth-order valence-electron chi connectivity index (χ4n) is 2.35. The minimum atomic E-state index is -0.245. The Hall–Kier alpha value is -2.77. The molecule has 0 saturated carbocycles. The molecule has 0 unspecified atom stereocenters. The molecule has 1 aromatic heterocycles. The summed E-state index contributed by atoms with van der Waals surface area (Å²) in [6.45, 7) is 3.93. The van der Waals surface area contributed by atoms with E-state index in [1.165, 1.54) is 7.11 Å². The summed E-state index contributed by atoms with van der Waals surface area (Å²) in [7, 11) is 1.53. The van der Waals surface area contributed by atoms with Crippen molar-refractivity contribution in [1.29, 1.82) is 0 Å². The Balaban J connectivity index is 1.77. The molecule has 0 spiro atoms. The number of hydrogen-bond acceptors (Lipinski definition) is 6. The maximum Gasteiger partial charge on any atom is 0.251 e. The molecule has 1 aliphatic heterocycles. The van der Waals surface area contributed by atoms with Crippen LogP contribution in [-0.2, 0) is 13.1 Å². The number of benzene rings is 1. The fraction of sp³-hybridized carbons (Fsp3) is 0.400. The second-order valence-electron chi connectivity index (χ2n) is 4.92. The number of hydrogen-bond donors (Lipinski definition) is 1. The van der Waals surface area contributed by atoms with Crippen molar-refractivity contribution < 1.29 is 19.0 Å². The van der Waals surface area contributed by atoms with Crippen molar-refractivity contribution in [1.82, 2.24) is 20.1 Å². The van der Waals surface area contributed by atoms with E-state index in [2.05, 4.69) is 15.5 Å². The van der Waals surface area contributed by atoms with Gasteiger partial charge in [0.05, 0.1) is 13.7 Å². The maximum atomic E-state index is 12.4. The summed E-state index contributed by atoms with van der Waals surface area (Å²) in [6.07, 6.45) is 1.63. The summed E-state index contributed by atoms with van der Waals surface area (Å²) in [5.74, 6) is 1.97. The molecule has 23 heavy (non-hydrogen) atoms. The molecule has 1 amide bonds. The molecule has 122 valence electrons. The van der Waals surface area contributed by atoms with Crippen LogP contribution in [0.25, 0.3) is 0 Å². The summed E-state index contributed by atoms with van der Waals surface area (Å²) in [5.41, 5.74) is 0.439. The number of nitrogens with zero attached hydrogens (tertiary/aromatic N) is 3. The molecule has 1 N–H and O–H groups in total. The Morgan fingerprint density at radius 2 is 2.22 bits per heavy atom. The van der Waals surface area contributed by atoms with Gasteiger partial charge >= 0.3 is 0 Å². The number of amides is 1. The average molecular weight is 318 g/mol. The summed E-state index contributed by atoms with van der Waals surface area (Å²) >= 11 is 0. The third-order valence-electron chi connectivity index (χ3n) is 3.53. The number of methoxy groups -OCH3 is 1. The lowest BCUT2D eigenvalue weighted by atomic mass is 10.1. The van der Waals surface area contributed by atoms with Crippen molar-refractivity contribution in [2.75, 3.05) is 20.3 Å². The van der Waals surface area contributed by atoms with Crippen molar-refractivity contribution in [3.05, 3.63) is 29.8 Å². The fourth-order valence-corrected chi connectivity index (χ4v) is 2.35. The minimum absolute atomic E-state index is 0.245. The molecular formula is C15H18N4O4. The van der Waals surface area contributed by atoms with Crippen molar-refractivity contribution >= 4 is 5.91 Å². The molecule has 0 radical (unpaired) electrons. The molecule has 3 rings (SSSR count). The predicted molar refractivity (Wildman–Crippen MR) is 80.9 cm³/mol. The minimum Gasteiger partial charge on any atom is -0.493 e. The maximum absolute atomic E-state index is 12.4. The quantitative estimate of drug-likeness (QED) is 0.885. The van der Waals surface area contributed by atoms with Crippen LogP contribution < -0.4 is 19.5 Å². The van der Waals surface area contributed by atoms with Gasteiger partial charge in [0.25, 0.3) is 5.91 Å². The summed E-state index contributed by atoms with van der Waals surface area (Å²) in [4.78, 5) is 12.4. The third-order valence-corrected chi connectivity index (χ3v) is 3.53. The Kier molecular flexibility index (Phi) is 4.31. The van der Waals surface area contributed by atoms with E-state index >= 15 is 0 Å². The Labute approximate surface area is 133 Å². The van der Waals surface area contributed by atoms with E-state index < -0.39 is 0 Å². The van der Waals surface area contributed by atoms with Crippen LogP contribution in [0.15, 0.2) is 18.5 Å². The van der Waals surface area contributed by atoms with Gasteiger partial charge in [-0.05, 0) is 19.1 Å². The van der Waals surface area contributed by atoms with Gasteiger partial charge in [0, 0.05) is 12.1 Å². The van der Waals surface area contributed by atoms with Gasteiger partial charge < -0.3 is 24.1 Å². The van der Waals surface area contributed by atoms with Crippen molar-refractivity contribution in [3.63, 3.8) is 0 Å². The molecule has 1 aromatic carbocycles. The Bertz CT molecular complexity index is 696. The first-order valence-electron chi connectivity index (χ1n) is 7.35. The summed E-state index contributed by atoms with van der Waals surface area (Å²) in [6, 6.07) is 3.28. The Morgan fingerprint density at radius 1 is 1.39 bits per heavy atom. The number of nitrogens with one attached hydrogen (secondary N) is 1. The van der Waals surface area contributed by atoms with Gasteiger partial charge in [-0.15, -0.1) is 10.2 Å². The van der Waals surface area contributed by atoms with E-state index in [0.29, 0.717) is 48.4 Å². The van der Waals surface area contributed by atoms with Gasteiger partial charge in [-0.2, -0.15) is 0 Å². The van der Waals surface area contributed by atoms with Crippen LogP contribution in [-0.4, -0.2) is 41.0 Å². The average Bonchev–Trinajstić information content (AvgIpc) is 3.06. The molecular weight excluding hydrogens is 300 g/mol. The molecule has 8 heteroatoms. The van der Waals surface area contributed by atoms with E-state index in [0.717, 1.165) is 6.54 Å². The smallest absolute Gasteiger partial charge is 0.251 e. The highest BCUT2D eigenvalue weighted by Gasteiger charge is 2.21. The molecule has 0 atom stereocenters. The highest BCUT2D eigenvalue weighted by molar-refractivity contribution is 5.95. The number of carbonyl (C=O) groups is 1. The first kappa shape index (κ1) is 15.1. The lowest BCUT2D eigenvalue weighted by Gasteiger charge is -2.21. The first-order chi connectivity index (χ1) is 11.2. The van der Waals surface area contributed by atoms with E-state index in [1.807, 2.05) is 11.5 Å². The van der Waals surface area contributed by atoms with Gasteiger partial charge in [-0.3, -0.25) is 4.79 Å². The zero-order valence-corrected chi connectivity index (χ0v) is 13.0. The highest BCUT2D eigenvalue weighted by Crippen LogP contribution is 2.40. The molecule has 2 heterocycles. The number of ether oxygens (including phenoxy) is 3. The molecule has 1 aliphatic rings. The summed E-state index contributed by atoms with van der Waals surface area (Å²) < 4.78 is 18.2. The van der Waals surface area contributed by atoms with Crippen molar-refractivity contribution in [3.8, 4) is 17.2 Å². The zero-order valence-electron chi connectivity index (χ0n) is 13.0. The van der Waals surface area contributed by atoms with E-state index in [4.69, 9.17) is 14.2 Å². The predicted octanol–water partition coefficient (Wildman–Crippen LogP) is 1.01. The van der Waals surface area contributed by atoms with Gasteiger partial charge in [0.2, 0.25) is 5.75 Å². The standard InChI is InChI=1S/C15H18N4O4/c1-3-19-9-17-18-13(19)8-16-15(20)10-6-11(21-2)14-12(7-10)22-4-5-23-14/h6-7,9H,3-5,8H2,1-2H3,(H,16,20). The van der Waals surface area contributed by atoms with E-state index in [9.17, 15) is 4.79 Å². The normalized spacial score (nSPS) is 12.8. The van der Waals surface area contributed by atoms with Gasteiger partial charge in [0.15, 0.2) is 17.3 Å². The molecule has 0 bridgehead atoms. The Morgan fingerprint density at radius 3 is 3.00 bits per heavy atom. The van der Waals surface area contributed by atoms with Gasteiger partial charge in [0.1, 0.15) is 19.5 Å². The van der Waals surface area contributed by atoms with Crippen LogP contribution in [0.5, 0.6) is 17.2 Å². The van der Waals surface area contributed by atoms with Crippen LogP contribution in [0.1, 0.15) is 23.1 Å². The SMILES string of the molecule is CCn1cnnc1CNC(=O)c1cc(OC)c2c(c1)OCCO2. The monoisotopic (exact) mass is 318 g/mol. The lowest BCUT2D eigenvalue weighted by Crippen LogP contribution is -2.25. The first-order valence-corrected chi connectivity index (χ1v) is 7.35. The second-order valence-corrected chi connectivity index (χ2v) is 4.92. The molecule has 2 aromatic rings. The number of fused-ring (bicyclic) bond motifs is 1. The third kappa shape index (κ3) is 3.05. The number of carbonyl (C=O) groups excluding carboxylic acids is 1. The van der Waals surface area contributed by atoms with Crippen LogP contribution in [0.3, 0.4) is 0 Å². The number of aryl methyl sites for hydroxylation is 1.